The summed E-state index contributed by atoms with van der Waals surface area (Å²) in [5.74, 6) is -0.456. The van der Waals surface area contributed by atoms with Gasteiger partial charge in [-0.05, 0) is 25.2 Å². The van der Waals surface area contributed by atoms with Crippen molar-refractivity contribution in [3.8, 4) is 0 Å². The number of hydrogen-bond acceptors (Lipinski definition) is 4. The van der Waals surface area contributed by atoms with Gasteiger partial charge in [-0.1, -0.05) is 19.9 Å². The molecule has 0 unspecified atom stereocenters. The third-order valence-electron chi connectivity index (χ3n) is 3.76. The zero-order valence-corrected chi connectivity index (χ0v) is 11.4. The van der Waals surface area contributed by atoms with E-state index in [0.717, 1.165) is 0 Å². The lowest BCUT2D eigenvalue weighted by atomic mass is 10.1. The second kappa shape index (κ2) is 4.41. The highest BCUT2D eigenvalue weighted by molar-refractivity contribution is 5.90. The van der Waals surface area contributed by atoms with E-state index >= 15 is 0 Å². The Kier molecular flexibility index (Phi) is 3.21. The minimum atomic E-state index is -0.242. The Morgan fingerprint density at radius 3 is 2.67 bits per heavy atom. The quantitative estimate of drug-likeness (QED) is 0.570. The predicted molar refractivity (Wildman–Crippen MR) is 65.6 cm³/mol. The molecule has 4 nitrogen and oxygen atoms in total. The van der Waals surface area contributed by atoms with Crippen molar-refractivity contribution in [1.29, 1.82) is 0 Å². The summed E-state index contributed by atoms with van der Waals surface area (Å²) in [4.78, 5) is 23.3. The van der Waals surface area contributed by atoms with Gasteiger partial charge in [0.15, 0.2) is 0 Å². The van der Waals surface area contributed by atoms with E-state index in [0.29, 0.717) is 18.6 Å². The molecule has 0 N–H and O–H groups in total. The third-order valence-corrected chi connectivity index (χ3v) is 3.76. The van der Waals surface area contributed by atoms with E-state index in [1.54, 1.807) is 0 Å². The Morgan fingerprint density at radius 2 is 2.17 bits per heavy atom. The molecule has 1 aliphatic carbocycles. The van der Waals surface area contributed by atoms with Crippen molar-refractivity contribution in [2.75, 3.05) is 6.61 Å². The molecular weight excluding hydrogens is 232 g/mol. The summed E-state index contributed by atoms with van der Waals surface area (Å²) >= 11 is 0. The van der Waals surface area contributed by atoms with Gasteiger partial charge in [-0.2, -0.15) is 0 Å². The van der Waals surface area contributed by atoms with E-state index in [1.807, 2.05) is 33.8 Å². The number of hydrogen-bond donors (Lipinski definition) is 0. The van der Waals surface area contributed by atoms with E-state index in [4.69, 9.17) is 9.47 Å². The van der Waals surface area contributed by atoms with Crippen molar-refractivity contribution in [1.82, 2.24) is 0 Å². The Bertz CT molecular complexity index is 406. The largest absolute Gasteiger partial charge is 0.463 e. The predicted octanol–water partition coefficient (Wildman–Crippen LogP) is 2.08. The molecule has 0 bridgehead atoms. The average molecular weight is 252 g/mol. The Labute approximate surface area is 107 Å². The first-order valence-corrected chi connectivity index (χ1v) is 6.42. The fraction of sp³-hybridized carbons (Fsp3) is 0.714. The molecule has 2 fully saturated rings. The summed E-state index contributed by atoms with van der Waals surface area (Å²) in [6.07, 6.45) is 2.46. The van der Waals surface area contributed by atoms with Gasteiger partial charge < -0.3 is 9.47 Å². The highest BCUT2D eigenvalue weighted by atomic mass is 16.5. The van der Waals surface area contributed by atoms with Crippen molar-refractivity contribution in [2.24, 2.45) is 17.3 Å². The number of esters is 2. The molecule has 2 rings (SSSR count). The van der Waals surface area contributed by atoms with Crippen molar-refractivity contribution >= 4 is 11.9 Å². The topological polar surface area (TPSA) is 52.6 Å². The van der Waals surface area contributed by atoms with Crippen LogP contribution in [-0.2, 0) is 19.1 Å². The summed E-state index contributed by atoms with van der Waals surface area (Å²) in [6, 6.07) is 0. The van der Waals surface area contributed by atoms with Crippen LogP contribution in [0.1, 0.15) is 34.1 Å². The van der Waals surface area contributed by atoms with Gasteiger partial charge in [-0.3, -0.25) is 4.79 Å². The lowest BCUT2D eigenvalue weighted by molar-refractivity contribution is -0.150. The Hall–Kier alpha value is -1.32. The van der Waals surface area contributed by atoms with Gasteiger partial charge in [0.25, 0.3) is 0 Å². The van der Waals surface area contributed by atoms with Crippen molar-refractivity contribution < 1.29 is 19.1 Å². The first kappa shape index (κ1) is 13.1. The lowest BCUT2D eigenvalue weighted by Crippen LogP contribution is -2.15. The van der Waals surface area contributed by atoms with Gasteiger partial charge in [0.1, 0.15) is 0 Å². The fourth-order valence-electron chi connectivity index (χ4n) is 2.56. The molecule has 0 spiro atoms. The second-order valence-electron chi connectivity index (χ2n) is 5.89. The van der Waals surface area contributed by atoms with Crippen molar-refractivity contribution in [3.05, 3.63) is 11.6 Å². The van der Waals surface area contributed by atoms with Crippen LogP contribution in [0, 0.1) is 17.3 Å². The molecule has 2 aliphatic rings. The van der Waals surface area contributed by atoms with Gasteiger partial charge in [0, 0.05) is 12.0 Å². The summed E-state index contributed by atoms with van der Waals surface area (Å²) in [6.45, 7) is 8.20. The molecule has 1 saturated carbocycles. The summed E-state index contributed by atoms with van der Waals surface area (Å²) in [7, 11) is 0. The molecule has 0 aromatic heterocycles. The normalized spacial score (nSPS) is 31.6. The minimum absolute atomic E-state index is 0.0874. The Balaban J connectivity index is 2.07. The molecule has 0 aromatic rings. The average Bonchev–Trinajstić information content (AvgIpc) is 2.56. The molecule has 18 heavy (non-hydrogen) atoms. The van der Waals surface area contributed by atoms with Gasteiger partial charge in [0.05, 0.1) is 18.6 Å². The molecule has 100 valence electrons. The highest BCUT2D eigenvalue weighted by Gasteiger charge is 2.61. The first-order valence-electron chi connectivity index (χ1n) is 6.42. The van der Waals surface area contributed by atoms with Crippen LogP contribution in [0.5, 0.6) is 0 Å². The number of cyclic esters (lactones) is 1. The first-order chi connectivity index (χ1) is 8.34. The molecule has 2 atom stereocenters. The maximum atomic E-state index is 11.9. The van der Waals surface area contributed by atoms with Crippen LogP contribution in [0.2, 0.25) is 0 Å². The molecule has 1 aliphatic heterocycles. The molecular formula is C14H20O4. The zero-order chi connectivity index (χ0) is 13.5. The summed E-state index contributed by atoms with van der Waals surface area (Å²) < 4.78 is 10.1. The van der Waals surface area contributed by atoms with Crippen LogP contribution in [0.4, 0.5) is 0 Å². The zero-order valence-electron chi connectivity index (χ0n) is 11.4. The molecule has 0 aromatic carbocycles. The molecule has 1 saturated heterocycles. The third kappa shape index (κ3) is 2.28. The number of carbonyl (C=O) groups is 2. The monoisotopic (exact) mass is 252 g/mol. The van der Waals surface area contributed by atoms with Gasteiger partial charge in [0.2, 0.25) is 0 Å². The minimum Gasteiger partial charge on any atom is -0.463 e. The van der Waals surface area contributed by atoms with Crippen LogP contribution >= 0.6 is 0 Å². The van der Waals surface area contributed by atoms with E-state index in [9.17, 15) is 9.59 Å². The van der Waals surface area contributed by atoms with Crippen LogP contribution < -0.4 is 0 Å². The number of carbonyl (C=O) groups excluding carboxylic acids is 2. The standard InChI is InChI=1S/C14H20O4/c1-8(2)18-13(16)11-10(14(11,3)4)7-9-5-6-17-12(9)15/h7-8,10-11H,5-6H2,1-4H3/t10-,11-/m0/s1. The maximum absolute atomic E-state index is 11.9. The molecule has 1 heterocycles. The van der Waals surface area contributed by atoms with E-state index in [2.05, 4.69) is 0 Å². The van der Waals surface area contributed by atoms with Crippen LogP contribution in [-0.4, -0.2) is 24.6 Å². The molecule has 0 amide bonds. The molecule has 0 radical (unpaired) electrons. The van der Waals surface area contributed by atoms with Crippen LogP contribution in [0.25, 0.3) is 0 Å². The van der Waals surface area contributed by atoms with Gasteiger partial charge >= 0.3 is 11.9 Å². The van der Waals surface area contributed by atoms with E-state index in [-0.39, 0.29) is 35.3 Å². The summed E-state index contributed by atoms with van der Waals surface area (Å²) in [5.41, 5.74) is 0.579. The number of ether oxygens (including phenoxy) is 2. The van der Waals surface area contributed by atoms with Crippen molar-refractivity contribution in [3.63, 3.8) is 0 Å². The Morgan fingerprint density at radius 1 is 1.50 bits per heavy atom. The van der Waals surface area contributed by atoms with Crippen molar-refractivity contribution in [2.45, 2.75) is 40.2 Å². The van der Waals surface area contributed by atoms with E-state index < -0.39 is 0 Å². The summed E-state index contributed by atoms with van der Waals surface area (Å²) in [5, 5.41) is 0. The second-order valence-corrected chi connectivity index (χ2v) is 5.89. The number of allylic oxidation sites excluding steroid dienone is 1. The van der Waals surface area contributed by atoms with Crippen LogP contribution in [0.3, 0.4) is 0 Å². The van der Waals surface area contributed by atoms with Crippen LogP contribution in [0.15, 0.2) is 11.6 Å². The SMILES string of the molecule is CC(C)OC(=O)[C@@H]1[C@H](C=C2CCOC2=O)C1(C)C. The highest BCUT2D eigenvalue weighted by Crippen LogP contribution is 2.60. The lowest BCUT2D eigenvalue weighted by Gasteiger charge is -2.08. The molecule has 4 heteroatoms. The smallest absolute Gasteiger partial charge is 0.333 e. The van der Waals surface area contributed by atoms with E-state index in [1.165, 1.54) is 0 Å². The van der Waals surface area contributed by atoms with Gasteiger partial charge in [-0.15, -0.1) is 0 Å². The van der Waals surface area contributed by atoms with Gasteiger partial charge in [-0.25, -0.2) is 4.79 Å². The maximum Gasteiger partial charge on any atom is 0.333 e. The fourth-order valence-corrected chi connectivity index (χ4v) is 2.56. The number of rotatable bonds is 3.